The van der Waals surface area contributed by atoms with Crippen molar-refractivity contribution in [2.24, 2.45) is 0 Å². The molecule has 9 nitrogen and oxygen atoms in total. The molecule has 0 saturated carbocycles. The molecule has 0 aliphatic carbocycles. The van der Waals surface area contributed by atoms with Gasteiger partial charge in [-0.25, -0.2) is 8.42 Å². The largest absolute Gasteiger partial charge is 0.497 e. The molecular weight excluding hydrogens is 518 g/mol. The molecule has 0 spiro atoms. The number of nitrogens with one attached hydrogen (secondary N) is 1. The molecule has 11 heteroatoms. The summed E-state index contributed by atoms with van der Waals surface area (Å²) in [7, 11) is -0.989. The molecule has 2 aromatic rings. The van der Waals surface area contributed by atoms with Gasteiger partial charge in [0.1, 0.15) is 24.1 Å². The highest BCUT2D eigenvalue weighted by Crippen LogP contribution is 2.33. The summed E-state index contributed by atoms with van der Waals surface area (Å²) in [4.78, 5) is 28.4. The summed E-state index contributed by atoms with van der Waals surface area (Å²) < 4.78 is 37.2. The molecule has 0 unspecified atom stereocenters. The van der Waals surface area contributed by atoms with E-state index in [4.69, 9.17) is 21.1 Å². The zero-order valence-electron chi connectivity index (χ0n) is 22.2. The van der Waals surface area contributed by atoms with Crippen LogP contribution in [0.15, 0.2) is 42.5 Å². The predicted molar refractivity (Wildman–Crippen MR) is 146 cm³/mol. The number of amides is 2. The van der Waals surface area contributed by atoms with Crippen LogP contribution in [0, 0.1) is 0 Å². The molecule has 0 radical (unpaired) electrons. The Labute approximate surface area is 224 Å². The normalized spacial score (nSPS) is 12.8. The lowest BCUT2D eigenvalue weighted by Gasteiger charge is -2.33. The van der Waals surface area contributed by atoms with E-state index in [0.717, 1.165) is 22.5 Å². The highest BCUT2D eigenvalue weighted by atomic mass is 35.5. The second kappa shape index (κ2) is 13.5. The van der Waals surface area contributed by atoms with Gasteiger partial charge in [-0.15, -0.1) is 0 Å². The molecule has 37 heavy (non-hydrogen) atoms. The number of benzene rings is 2. The number of ether oxygens (including phenoxy) is 2. The molecule has 0 aromatic heterocycles. The molecular formula is C26H36ClN3O6S. The number of methoxy groups -OCH3 is 2. The molecule has 2 amide bonds. The number of carbonyl (C=O) groups is 2. The summed E-state index contributed by atoms with van der Waals surface area (Å²) >= 11 is 6.14. The number of halogens is 1. The van der Waals surface area contributed by atoms with E-state index in [1.165, 1.54) is 24.1 Å². The number of sulfonamides is 1. The average molecular weight is 554 g/mol. The molecule has 0 aliphatic rings. The van der Waals surface area contributed by atoms with Crippen LogP contribution in [0.2, 0.25) is 5.02 Å². The van der Waals surface area contributed by atoms with Gasteiger partial charge in [0.2, 0.25) is 21.8 Å². The van der Waals surface area contributed by atoms with Crippen LogP contribution in [0.3, 0.4) is 0 Å². The topological polar surface area (TPSA) is 105 Å². The second-order valence-corrected chi connectivity index (χ2v) is 11.0. The van der Waals surface area contributed by atoms with Gasteiger partial charge < -0.3 is 19.7 Å². The number of rotatable bonds is 13. The van der Waals surface area contributed by atoms with E-state index < -0.39 is 28.5 Å². The van der Waals surface area contributed by atoms with Crippen molar-refractivity contribution in [2.45, 2.75) is 52.2 Å². The summed E-state index contributed by atoms with van der Waals surface area (Å²) in [5.74, 6) is -0.0206. The maximum atomic E-state index is 13.8. The maximum absolute atomic E-state index is 13.8. The number of hydrogen-bond acceptors (Lipinski definition) is 6. The minimum absolute atomic E-state index is 0.0761. The number of nitrogens with zero attached hydrogens (tertiary/aromatic N) is 2. The summed E-state index contributed by atoms with van der Waals surface area (Å²) in [6.07, 6.45) is 2.06. The third-order valence-corrected chi connectivity index (χ3v) is 7.32. The van der Waals surface area contributed by atoms with Crippen molar-refractivity contribution in [3.63, 3.8) is 0 Å². The lowest BCUT2D eigenvalue weighted by Crippen LogP contribution is -2.53. The smallest absolute Gasteiger partial charge is 0.244 e. The van der Waals surface area contributed by atoms with Gasteiger partial charge in [0, 0.05) is 17.6 Å². The van der Waals surface area contributed by atoms with E-state index in [-0.39, 0.29) is 35.0 Å². The zero-order chi connectivity index (χ0) is 27.8. The molecule has 1 N–H and O–H groups in total. The van der Waals surface area contributed by atoms with E-state index in [0.29, 0.717) is 12.2 Å². The van der Waals surface area contributed by atoms with Crippen molar-refractivity contribution in [2.75, 3.05) is 31.3 Å². The fraction of sp³-hybridized carbons (Fsp3) is 0.462. The van der Waals surface area contributed by atoms with Crippen LogP contribution in [0.5, 0.6) is 11.5 Å². The van der Waals surface area contributed by atoms with E-state index in [2.05, 4.69) is 5.32 Å². The monoisotopic (exact) mass is 553 g/mol. The van der Waals surface area contributed by atoms with E-state index in [9.17, 15) is 18.0 Å². The fourth-order valence-electron chi connectivity index (χ4n) is 3.78. The molecule has 2 atom stereocenters. The Balaban J connectivity index is 2.53. The molecule has 2 aromatic carbocycles. The molecule has 0 bridgehead atoms. The van der Waals surface area contributed by atoms with Crippen LogP contribution in [-0.4, -0.2) is 64.2 Å². The average Bonchev–Trinajstić information content (AvgIpc) is 2.86. The minimum Gasteiger partial charge on any atom is -0.497 e. The van der Waals surface area contributed by atoms with Crippen molar-refractivity contribution >= 4 is 39.1 Å². The van der Waals surface area contributed by atoms with Gasteiger partial charge in [0.05, 0.1) is 26.2 Å². The predicted octanol–water partition coefficient (Wildman–Crippen LogP) is 3.85. The van der Waals surface area contributed by atoms with Crippen LogP contribution in [-0.2, 0) is 26.2 Å². The quantitative estimate of drug-likeness (QED) is 0.404. The standard InChI is InChI=1S/C26H36ClN3O6S/c1-7-18(3)28-26(32)22(8-2)29(16-19-10-9-11-21(14-19)35-4)25(31)17-30(37(6,33)34)23-15-20(27)12-13-24(23)36-5/h9-15,18,22H,7-8,16-17H2,1-6H3,(H,28,32)/t18-,22-/m0/s1. The summed E-state index contributed by atoms with van der Waals surface area (Å²) in [6.45, 7) is 5.17. The third-order valence-electron chi connectivity index (χ3n) is 5.96. The Bertz CT molecular complexity index is 1190. The van der Waals surface area contributed by atoms with Crippen molar-refractivity contribution in [1.29, 1.82) is 0 Å². The van der Waals surface area contributed by atoms with Crippen molar-refractivity contribution in [1.82, 2.24) is 10.2 Å². The van der Waals surface area contributed by atoms with Gasteiger partial charge in [-0.2, -0.15) is 0 Å². The highest BCUT2D eigenvalue weighted by molar-refractivity contribution is 7.92. The van der Waals surface area contributed by atoms with Gasteiger partial charge in [-0.05, 0) is 55.7 Å². The van der Waals surface area contributed by atoms with Gasteiger partial charge in [-0.3, -0.25) is 13.9 Å². The molecule has 204 valence electrons. The van der Waals surface area contributed by atoms with Gasteiger partial charge >= 0.3 is 0 Å². The first-order valence-corrected chi connectivity index (χ1v) is 14.2. The molecule has 2 rings (SSSR count). The van der Waals surface area contributed by atoms with Gasteiger partial charge in [-0.1, -0.05) is 37.6 Å². The van der Waals surface area contributed by atoms with Gasteiger partial charge in [0.25, 0.3) is 0 Å². The maximum Gasteiger partial charge on any atom is 0.244 e. The number of hydrogen-bond donors (Lipinski definition) is 1. The molecule has 0 heterocycles. The fourth-order valence-corrected chi connectivity index (χ4v) is 4.79. The highest BCUT2D eigenvalue weighted by Gasteiger charge is 2.33. The van der Waals surface area contributed by atoms with Crippen LogP contribution >= 0.6 is 11.6 Å². The number of anilines is 1. The molecule has 0 fully saturated rings. The first-order chi connectivity index (χ1) is 17.4. The Morgan fingerprint density at radius 3 is 2.32 bits per heavy atom. The Morgan fingerprint density at radius 2 is 1.76 bits per heavy atom. The van der Waals surface area contributed by atoms with Crippen LogP contribution in [0.1, 0.15) is 39.2 Å². The van der Waals surface area contributed by atoms with Crippen molar-refractivity contribution in [3.05, 3.63) is 53.1 Å². The summed E-state index contributed by atoms with van der Waals surface area (Å²) in [5.41, 5.74) is 0.859. The SMILES string of the molecule is CC[C@H](C)NC(=O)[C@H](CC)N(Cc1cccc(OC)c1)C(=O)CN(c1cc(Cl)ccc1OC)S(C)(=O)=O. The van der Waals surface area contributed by atoms with Gasteiger partial charge in [0.15, 0.2) is 0 Å². The lowest BCUT2D eigenvalue weighted by atomic mass is 10.1. The third kappa shape index (κ3) is 8.26. The Kier molecular flexibility index (Phi) is 11.1. The van der Waals surface area contributed by atoms with Crippen molar-refractivity contribution in [3.8, 4) is 11.5 Å². The summed E-state index contributed by atoms with van der Waals surface area (Å²) in [6, 6.07) is 10.8. The summed E-state index contributed by atoms with van der Waals surface area (Å²) in [5, 5.41) is 3.22. The molecule has 0 saturated heterocycles. The molecule has 0 aliphatic heterocycles. The second-order valence-electron chi connectivity index (χ2n) is 8.70. The lowest BCUT2D eigenvalue weighted by molar-refractivity contribution is -0.140. The van der Waals surface area contributed by atoms with E-state index in [1.807, 2.05) is 19.9 Å². The van der Waals surface area contributed by atoms with E-state index >= 15 is 0 Å². The minimum atomic E-state index is -3.93. The van der Waals surface area contributed by atoms with Crippen LogP contribution < -0.4 is 19.1 Å². The van der Waals surface area contributed by atoms with Crippen LogP contribution in [0.4, 0.5) is 5.69 Å². The zero-order valence-corrected chi connectivity index (χ0v) is 23.7. The Morgan fingerprint density at radius 1 is 1.05 bits per heavy atom. The van der Waals surface area contributed by atoms with E-state index in [1.54, 1.807) is 38.3 Å². The first kappa shape index (κ1) is 30.2. The number of carbonyl (C=O) groups excluding carboxylic acids is 2. The van der Waals surface area contributed by atoms with Crippen molar-refractivity contribution < 1.29 is 27.5 Å². The Hall–Kier alpha value is -2.98. The first-order valence-electron chi connectivity index (χ1n) is 12.0. The van der Waals surface area contributed by atoms with Crippen LogP contribution in [0.25, 0.3) is 0 Å².